The Balaban J connectivity index is 2.93. The van der Waals surface area contributed by atoms with Crippen molar-refractivity contribution >= 4 is 0 Å². The molecule has 0 atom stereocenters. The number of rotatable bonds is 4. The molecule has 0 saturated heterocycles. The summed E-state index contributed by atoms with van der Waals surface area (Å²) in [4.78, 5) is 4.15. The van der Waals surface area contributed by atoms with Crippen molar-refractivity contribution in [2.75, 3.05) is 20.7 Å². The number of nitrogens with zero attached hydrogens (tertiary/aromatic N) is 1. The molecule has 0 unspecified atom stereocenters. The Hall–Kier alpha value is -1.09. The summed E-state index contributed by atoms with van der Waals surface area (Å²) in [6.07, 6.45) is 3.61. The molecule has 0 aliphatic rings. The highest BCUT2D eigenvalue weighted by Gasteiger charge is 2.20. The van der Waals surface area contributed by atoms with E-state index < -0.39 is 0 Å². The molecular weight excluding hydrogens is 176 g/mol. The maximum absolute atomic E-state index is 5.15. The van der Waals surface area contributed by atoms with Gasteiger partial charge in [-0.15, -0.1) is 0 Å². The lowest BCUT2D eigenvalue weighted by Crippen LogP contribution is -2.30. The zero-order chi connectivity index (χ0) is 10.6. The number of aromatic nitrogens is 1. The molecule has 0 aromatic carbocycles. The van der Waals surface area contributed by atoms with E-state index >= 15 is 0 Å². The topological polar surface area (TPSA) is 34.2 Å². The van der Waals surface area contributed by atoms with Crippen LogP contribution in [0.5, 0.6) is 5.75 Å². The van der Waals surface area contributed by atoms with E-state index in [9.17, 15) is 0 Å². The molecule has 0 aliphatic heterocycles. The average molecular weight is 194 g/mol. The summed E-state index contributed by atoms with van der Waals surface area (Å²) >= 11 is 0. The van der Waals surface area contributed by atoms with E-state index in [1.165, 1.54) is 5.56 Å². The molecule has 1 aromatic rings. The van der Waals surface area contributed by atoms with Crippen LogP contribution in [0.3, 0.4) is 0 Å². The Bertz CT molecular complexity index is 297. The van der Waals surface area contributed by atoms with Crippen LogP contribution in [-0.4, -0.2) is 25.7 Å². The van der Waals surface area contributed by atoms with E-state index in [4.69, 9.17) is 4.74 Å². The summed E-state index contributed by atoms with van der Waals surface area (Å²) in [6.45, 7) is 5.28. The van der Waals surface area contributed by atoms with Crippen LogP contribution in [0.1, 0.15) is 19.4 Å². The van der Waals surface area contributed by atoms with Gasteiger partial charge < -0.3 is 10.1 Å². The molecule has 1 N–H and O–H groups in total. The molecule has 0 amide bonds. The smallest absolute Gasteiger partial charge is 0.137 e. The van der Waals surface area contributed by atoms with Crippen molar-refractivity contribution in [1.82, 2.24) is 10.3 Å². The molecule has 0 bridgehead atoms. The van der Waals surface area contributed by atoms with Crippen LogP contribution in [0.25, 0.3) is 0 Å². The summed E-state index contributed by atoms with van der Waals surface area (Å²) < 4.78 is 5.15. The van der Waals surface area contributed by atoms with Gasteiger partial charge in [0.25, 0.3) is 0 Å². The Labute approximate surface area is 85.5 Å². The Morgan fingerprint density at radius 2 is 2.14 bits per heavy atom. The van der Waals surface area contributed by atoms with Gasteiger partial charge in [0, 0.05) is 18.2 Å². The first-order valence-corrected chi connectivity index (χ1v) is 4.74. The molecule has 78 valence electrons. The number of methoxy groups -OCH3 is 1. The second-order valence-corrected chi connectivity index (χ2v) is 4.03. The van der Waals surface area contributed by atoms with Crippen LogP contribution in [0.2, 0.25) is 0 Å². The van der Waals surface area contributed by atoms with E-state index in [1.54, 1.807) is 13.3 Å². The second kappa shape index (κ2) is 4.42. The standard InChI is InChI=1S/C11H18N2O/c1-11(2,8-12-3)9-5-10(14-4)7-13-6-9/h5-7,12H,8H2,1-4H3. The lowest BCUT2D eigenvalue weighted by atomic mass is 9.85. The molecule has 3 nitrogen and oxygen atoms in total. The van der Waals surface area contributed by atoms with Crippen molar-refractivity contribution in [1.29, 1.82) is 0 Å². The van der Waals surface area contributed by atoms with E-state index in [-0.39, 0.29) is 5.41 Å². The first-order valence-electron chi connectivity index (χ1n) is 4.74. The van der Waals surface area contributed by atoms with Crippen molar-refractivity contribution in [3.05, 3.63) is 24.0 Å². The summed E-state index contributed by atoms with van der Waals surface area (Å²) in [5.74, 6) is 0.812. The van der Waals surface area contributed by atoms with Crippen molar-refractivity contribution in [3.63, 3.8) is 0 Å². The quantitative estimate of drug-likeness (QED) is 0.790. The summed E-state index contributed by atoms with van der Waals surface area (Å²) in [7, 11) is 3.61. The van der Waals surface area contributed by atoms with Crippen LogP contribution >= 0.6 is 0 Å². The highest BCUT2D eigenvalue weighted by molar-refractivity contribution is 5.29. The van der Waals surface area contributed by atoms with Gasteiger partial charge in [-0.25, -0.2) is 0 Å². The van der Waals surface area contributed by atoms with Crippen LogP contribution in [0, 0.1) is 0 Å². The minimum absolute atomic E-state index is 0.0797. The van der Waals surface area contributed by atoms with Gasteiger partial charge in [0.15, 0.2) is 0 Å². The zero-order valence-corrected chi connectivity index (χ0v) is 9.29. The van der Waals surface area contributed by atoms with Crippen molar-refractivity contribution < 1.29 is 4.74 Å². The van der Waals surface area contributed by atoms with Gasteiger partial charge in [-0.1, -0.05) is 13.8 Å². The first-order chi connectivity index (χ1) is 6.60. The van der Waals surface area contributed by atoms with E-state index in [2.05, 4.69) is 24.1 Å². The lowest BCUT2D eigenvalue weighted by molar-refractivity contribution is 0.408. The molecule has 14 heavy (non-hydrogen) atoms. The number of hydrogen-bond donors (Lipinski definition) is 1. The number of pyridine rings is 1. The van der Waals surface area contributed by atoms with Crippen LogP contribution in [0.4, 0.5) is 0 Å². The van der Waals surface area contributed by atoms with Gasteiger partial charge in [-0.2, -0.15) is 0 Å². The van der Waals surface area contributed by atoms with E-state index in [0.29, 0.717) is 0 Å². The third-order valence-corrected chi connectivity index (χ3v) is 2.35. The van der Waals surface area contributed by atoms with Gasteiger partial charge in [0.1, 0.15) is 5.75 Å². The third kappa shape index (κ3) is 2.45. The SMILES string of the molecule is CNCC(C)(C)c1cncc(OC)c1. The van der Waals surface area contributed by atoms with Crippen LogP contribution < -0.4 is 10.1 Å². The second-order valence-electron chi connectivity index (χ2n) is 4.03. The molecule has 0 radical (unpaired) electrons. The summed E-state index contributed by atoms with van der Waals surface area (Å²) in [6, 6.07) is 2.03. The molecule has 1 aromatic heterocycles. The first kappa shape index (κ1) is 11.0. The average Bonchev–Trinajstić information content (AvgIpc) is 2.18. The maximum atomic E-state index is 5.15. The molecule has 0 aliphatic carbocycles. The van der Waals surface area contributed by atoms with E-state index in [0.717, 1.165) is 12.3 Å². The highest BCUT2D eigenvalue weighted by Crippen LogP contribution is 2.24. The third-order valence-electron chi connectivity index (χ3n) is 2.35. The molecule has 0 spiro atoms. The van der Waals surface area contributed by atoms with Crippen LogP contribution in [0.15, 0.2) is 18.5 Å². The maximum Gasteiger partial charge on any atom is 0.137 e. The predicted octanol–water partition coefficient (Wildman–Crippen LogP) is 1.59. The van der Waals surface area contributed by atoms with Crippen molar-refractivity contribution in [3.8, 4) is 5.75 Å². The monoisotopic (exact) mass is 194 g/mol. The van der Waals surface area contributed by atoms with Crippen molar-refractivity contribution in [2.24, 2.45) is 0 Å². The summed E-state index contributed by atoms with van der Waals surface area (Å²) in [5, 5.41) is 3.18. The predicted molar refractivity (Wildman–Crippen MR) is 57.7 cm³/mol. The van der Waals surface area contributed by atoms with E-state index in [1.807, 2.05) is 19.3 Å². The lowest BCUT2D eigenvalue weighted by Gasteiger charge is -2.24. The highest BCUT2D eigenvalue weighted by atomic mass is 16.5. The Morgan fingerprint density at radius 1 is 1.43 bits per heavy atom. The van der Waals surface area contributed by atoms with Gasteiger partial charge in [-0.3, -0.25) is 4.98 Å². The van der Waals surface area contributed by atoms with Crippen molar-refractivity contribution in [2.45, 2.75) is 19.3 Å². The molecule has 0 saturated carbocycles. The molecule has 3 heteroatoms. The molecular formula is C11H18N2O. The minimum atomic E-state index is 0.0797. The number of likely N-dealkylation sites (N-methyl/N-ethyl adjacent to an activating group) is 1. The normalized spacial score (nSPS) is 11.4. The molecule has 1 rings (SSSR count). The fraction of sp³-hybridized carbons (Fsp3) is 0.545. The molecule has 0 fully saturated rings. The summed E-state index contributed by atoms with van der Waals surface area (Å²) in [5.41, 5.74) is 1.27. The number of hydrogen-bond acceptors (Lipinski definition) is 3. The number of nitrogens with one attached hydrogen (secondary N) is 1. The Morgan fingerprint density at radius 3 is 2.71 bits per heavy atom. The number of ether oxygens (including phenoxy) is 1. The largest absolute Gasteiger partial charge is 0.495 e. The Kier molecular flexibility index (Phi) is 3.47. The molecule has 1 heterocycles. The zero-order valence-electron chi connectivity index (χ0n) is 9.29. The van der Waals surface area contributed by atoms with Gasteiger partial charge in [0.05, 0.1) is 13.3 Å². The fourth-order valence-electron chi connectivity index (χ4n) is 1.44. The minimum Gasteiger partial charge on any atom is -0.495 e. The van der Waals surface area contributed by atoms with Gasteiger partial charge >= 0.3 is 0 Å². The fourth-order valence-corrected chi connectivity index (χ4v) is 1.44. The van der Waals surface area contributed by atoms with Gasteiger partial charge in [0.2, 0.25) is 0 Å². The van der Waals surface area contributed by atoms with Gasteiger partial charge in [-0.05, 0) is 18.7 Å². The van der Waals surface area contributed by atoms with Crippen LogP contribution in [-0.2, 0) is 5.41 Å².